The fourth-order valence-corrected chi connectivity index (χ4v) is 3.66. The summed E-state index contributed by atoms with van der Waals surface area (Å²) in [6.07, 6.45) is 3.29. The molecule has 0 spiro atoms. The molecule has 1 heterocycles. The van der Waals surface area contributed by atoms with Gasteiger partial charge in [-0.25, -0.2) is 4.39 Å². The second kappa shape index (κ2) is 9.32. The Hall–Kier alpha value is -2.52. The van der Waals surface area contributed by atoms with E-state index in [4.69, 9.17) is 10.5 Å². The van der Waals surface area contributed by atoms with Crippen molar-refractivity contribution in [1.82, 2.24) is 4.90 Å². The van der Waals surface area contributed by atoms with E-state index in [1.165, 1.54) is 17.0 Å². The van der Waals surface area contributed by atoms with E-state index in [2.05, 4.69) is 5.32 Å². The molecule has 1 saturated carbocycles. The van der Waals surface area contributed by atoms with Gasteiger partial charge in [0.05, 0.1) is 12.3 Å². The number of nitrogens with zero attached hydrogens (tertiary/aromatic N) is 2. The van der Waals surface area contributed by atoms with Gasteiger partial charge in [0.1, 0.15) is 12.4 Å². The van der Waals surface area contributed by atoms with Crippen LogP contribution in [0, 0.1) is 11.7 Å². The van der Waals surface area contributed by atoms with E-state index >= 15 is 0 Å². The summed E-state index contributed by atoms with van der Waals surface area (Å²) in [6.45, 7) is 3.61. The molecule has 3 amide bonds. The van der Waals surface area contributed by atoms with Gasteiger partial charge < -0.3 is 20.7 Å². The molecule has 1 aromatic rings. The summed E-state index contributed by atoms with van der Waals surface area (Å²) in [6, 6.07) is 2.95. The predicted octanol–water partition coefficient (Wildman–Crippen LogP) is 1.10. The number of carbonyl (C=O) groups excluding carboxylic acids is 3. The van der Waals surface area contributed by atoms with Crippen LogP contribution in [0.15, 0.2) is 18.2 Å². The van der Waals surface area contributed by atoms with Gasteiger partial charge in [0.15, 0.2) is 6.04 Å². The Labute approximate surface area is 169 Å². The van der Waals surface area contributed by atoms with E-state index in [9.17, 15) is 18.8 Å². The second-order valence-electron chi connectivity index (χ2n) is 7.44. The zero-order valence-corrected chi connectivity index (χ0v) is 16.5. The molecule has 3 rings (SSSR count). The van der Waals surface area contributed by atoms with Gasteiger partial charge >= 0.3 is 0 Å². The van der Waals surface area contributed by atoms with Crippen molar-refractivity contribution < 1.29 is 23.5 Å². The predicted molar refractivity (Wildman–Crippen MR) is 106 cm³/mol. The van der Waals surface area contributed by atoms with Gasteiger partial charge in [-0.05, 0) is 43.5 Å². The molecule has 1 saturated heterocycles. The maximum atomic E-state index is 14.6. The maximum absolute atomic E-state index is 14.6. The van der Waals surface area contributed by atoms with Crippen molar-refractivity contribution in [1.29, 1.82) is 0 Å². The number of ether oxygens (including phenoxy) is 1. The maximum Gasteiger partial charge on any atom is 0.253 e. The van der Waals surface area contributed by atoms with E-state index in [1.807, 2.05) is 6.92 Å². The van der Waals surface area contributed by atoms with Crippen LogP contribution in [0.2, 0.25) is 0 Å². The van der Waals surface area contributed by atoms with Crippen molar-refractivity contribution >= 4 is 29.1 Å². The number of nitrogens with two attached hydrogens (primary N) is 1. The third kappa shape index (κ3) is 4.91. The van der Waals surface area contributed by atoms with Crippen molar-refractivity contribution in [2.75, 3.05) is 43.1 Å². The zero-order valence-electron chi connectivity index (χ0n) is 16.5. The number of likely N-dealkylation sites (N-methyl/N-ethyl adjacent to an activating group) is 1. The lowest BCUT2D eigenvalue weighted by Crippen LogP contribution is -2.53. The first kappa shape index (κ1) is 21.2. The van der Waals surface area contributed by atoms with E-state index in [0.29, 0.717) is 37.8 Å². The Kier molecular flexibility index (Phi) is 6.81. The molecule has 2 aliphatic rings. The number of anilines is 2. The van der Waals surface area contributed by atoms with Crippen molar-refractivity contribution in [2.24, 2.45) is 11.7 Å². The lowest BCUT2D eigenvalue weighted by atomic mass is 9.85. The zero-order chi connectivity index (χ0) is 21.0. The minimum Gasteiger partial charge on any atom is -0.370 e. The van der Waals surface area contributed by atoms with E-state index in [1.54, 1.807) is 11.0 Å². The van der Waals surface area contributed by atoms with Crippen molar-refractivity contribution in [3.05, 3.63) is 24.0 Å². The average Bonchev–Trinajstić information content (AvgIpc) is 2.65. The van der Waals surface area contributed by atoms with Crippen LogP contribution in [-0.4, -0.2) is 61.5 Å². The molecule has 1 aliphatic carbocycles. The summed E-state index contributed by atoms with van der Waals surface area (Å²) < 4.78 is 19.7. The van der Waals surface area contributed by atoms with Crippen LogP contribution in [0.5, 0.6) is 0 Å². The number of benzene rings is 1. The van der Waals surface area contributed by atoms with Crippen LogP contribution in [0.4, 0.5) is 15.8 Å². The lowest BCUT2D eigenvalue weighted by molar-refractivity contribution is -0.133. The topological polar surface area (TPSA) is 105 Å². The first-order valence-electron chi connectivity index (χ1n) is 9.92. The molecular formula is C20H27FN4O4. The molecule has 1 aliphatic heterocycles. The number of hydrogen-bond acceptors (Lipinski definition) is 5. The Morgan fingerprint density at radius 1 is 1.41 bits per heavy atom. The molecular weight excluding hydrogens is 379 g/mol. The molecule has 0 radical (unpaired) electrons. The summed E-state index contributed by atoms with van der Waals surface area (Å²) >= 11 is 0. The molecule has 158 valence electrons. The minimum absolute atomic E-state index is 0.0474. The largest absolute Gasteiger partial charge is 0.370 e. The van der Waals surface area contributed by atoms with Crippen LogP contribution >= 0.6 is 0 Å². The number of amides is 3. The molecule has 8 nitrogen and oxygen atoms in total. The van der Waals surface area contributed by atoms with Gasteiger partial charge in [-0.15, -0.1) is 0 Å². The van der Waals surface area contributed by atoms with Gasteiger partial charge in [-0.1, -0.05) is 13.3 Å². The number of rotatable bonds is 8. The third-order valence-electron chi connectivity index (χ3n) is 5.51. The normalized spacial score (nSPS) is 18.4. The fourth-order valence-electron chi connectivity index (χ4n) is 3.66. The van der Waals surface area contributed by atoms with Crippen LogP contribution in [0.3, 0.4) is 0 Å². The van der Waals surface area contributed by atoms with Gasteiger partial charge in [0, 0.05) is 18.8 Å². The van der Waals surface area contributed by atoms with Gasteiger partial charge in [0.2, 0.25) is 5.91 Å². The molecule has 1 aromatic carbocycles. The molecule has 0 unspecified atom stereocenters. The molecule has 0 bridgehead atoms. The van der Waals surface area contributed by atoms with Gasteiger partial charge in [0.25, 0.3) is 11.8 Å². The van der Waals surface area contributed by atoms with Crippen LogP contribution in [-0.2, 0) is 19.1 Å². The second-order valence-corrected chi connectivity index (χ2v) is 7.44. The van der Waals surface area contributed by atoms with Gasteiger partial charge in [-0.2, -0.15) is 0 Å². The summed E-state index contributed by atoms with van der Waals surface area (Å²) in [5.41, 5.74) is 5.81. The average molecular weight is 406 g/mol. The number of nitrogens with one attached hydrogen (secondary N) is 1. The van der Waals surface area contributed by atoms with Crippen LogP contribution in [0.25, 0.3) is 0 Å². The van der Waals surface area contributed by atoms with Crippen molar-refractivity contribution in [3.8, 4) is 0 Å². The van der Waals surface area contributed by atoms with Crippen LogP contribution < -0.4 is 16.0 Å². The summed E-state index contributed by atoms with van der Waals surface area (Å²) in [5, 5.41) is 2.47. The van der Waals surface area contributed by atoms with Crippen molar-refractivity contribution in [2.45, 2.75) is 32.2 Å². The first-order chi connectivity index (χ1) is 13.9. The number of hydrogen-bond donors (Lipinski definition) is 2. The Morgan fingerprint density at radius 2 is 2.17 bits per heavy atom. The van der Waals surface area contributed by atoms with Crippen molar-refractivity contribution in [3.63, 3.8) is 0 Å². The Balaban J connectivity index is 1.71. The number of carbonyl (C=O) groups is 3. The fraction of sp³-hybridized carbons (Fsp3) is 0.550. The highest BCUT2D eigenvalue weighted by Gasteiger charge is 2.33. The lowest BCUT2D eigenvalue weighted by Gasteiger charge is -2.34. The first-order valence-corrected chi connectivity index (χ1v) is 9.92. The monoisotopic (exact) mass is 406 g/mol. The minimum atomic E-state index is -1.17. The summed E-state index contributed by atoms with van der Waals surface area (Å²) in [4.78, 5) is 39.8. The highest BCUT2D eigenvalue weighted by molar-refractivity contribution is 6.09. The highest BCUT2D eigenvalue weighted by Crippen LogP contribution is 2.28. The number of morpholine rings is 1. The summed E-state index contributed by atoms with van der Waals surface area (Å²) in [5.74, 6) is -1.92. The Morgan fingerprint density at radius 3 is 2.72 bits per heavy atom. The number of primary amides is 1. The molecule has 3 N–H and O–H groups in total. The van der Waals surface area contributed by atoms with Gasteiger partial charge in [-0.3, -0.25) is 19.3 Å². The molecule has 29 heavy (non-hydrogen) atoms. The van der Waals surface area contributed by atoms with E-state index in [-0.39, 0.29) is 18.2 Å². The smallest absolute Gasteiger partial charge is 0.253 e. The van der Waals surface area contributed by atoms with E-state index < -0.39 is 23.7 Å². The molecule has 0 aromatic heterocycles. The van der Waals surface area contributed by atoms with Crippen LogP contribution in [0.1, 0.15) is 26.2 Å². The summed E-state index contributed by atoms with van der Waals surface area (Å²) in [7, 11) is 0. The highest BCUT2D eigenvalue weighted by atomic mass is 19.1. The number of halogens is 1. The van der Waals surface area contributed by atoms with E-state index in [0.717, 1.165) is 19.3 Å². The Bertz CT molecular complexity index is 784. The standard InChI is InChI=1S/C20H27FN4O4/c1-2-24(11-13-4-3-5-13)18(19(22)27)20(28)23-16-7-6-14(10-15(16)21)25-8-9-29-12-17(25)26/h6-7,10,13,18H,2-5,8-9,11-12H2,1H3,(H2,22,27)(H,23,28)/t18-/m1/s1. The SMILES string of the molecule is CCN(CC1CCC1)[C@H](C(N)=O)C(=O)Nc1ccc(N2CCOCC2=O)cc1F. The quantitative estimate of drug-likeness (QED) is 0.629. The molecule has 1 atom stereocenters. The molecule has 9 heteroatoms. The molecule has 2 fully saturated rings. The third-order valence-corrected chi connectivity index (χ3v) is 5.51.